The van der Waals surface area contributed by atoms with Gasteiger partial charge in [-0.3, -0.25) is 4.79 Å². The molecule has 0 radical (unpaired) electrons. The molecular weight excluding hydrogens is 230 g/mol. The van der Waals surface area contributed by atoms with Crippen molar-refractivity contribution in [2.24, 2.45) is 5.92 Å². The van der Waals surface area contributed by atoms with Crippen molar-refractivity contribution in [2.75, 3.05) is 5.32 Å². The number of nitrogens with one attached hydrogen (secondary N) is 1. The summed E-state index contributed by atoms with van der Waals surface area (Å²) in [6.45, 7) is 5.23. The predicted octanol–water partition coefficient (Wildman–Crippen LogP) is 2.64. The van der Waals surface area contributed by atoms with E-state index < -0.39 is 0 Å². The van der Waals surface area contributed by atoms with Crippen molar-refractivity contribution in [3.8, 4) is 5.75 Å². The van der Waals surface area contributed by atoms with E-state index in [1.54, 1.807) is 12.1 Å². The lowest BCUT2D eigenvalue weighted by molar-refractivity contribution is -0.119. The van der Waals surface area contributed by atoms with Crippen LogP contribution in [0, 0.1) is 12.8 Å². The number of phenolic OH excluding ortho intramolecular Hbond substituents is 1. The van der Waals surface area contributed by atoms with Crippen molar-refractivity contribution in [3.63, 3.8) is 0 Å². The molecule has 0 bridgehead atoms. The zero-order valence-corrected chi connectivity index (χ0v) is 11.0. The summed E-state index contributed by atoms with van der Waals surface area (Å²) in [5.41, 5.74) is 1.33. The first kappa shape index (κ1) is 14.2. The third-order valence-electron chi connectivity index (χ3n) is 2.60. The first-order valence-corrected chi connectivity index (χ1v) is 5.97. The zero-order valence-electron chi connectivity index (χ0n) is 11.0. The topological polar surface area (TPSA) is 66.4 Å². The van der Waals surface area contributed by atoms with Gasteiger partial charge in [0.2, 0.25) is 5.91 Å². The van der Waals surface area contributed by atoms with Gasteiger partial charge in [0.1, 0.15) is 11.5 Å². The van der Waals surface area contributed by atoms with Gasteiger partial charge in [-0.1, -0.05) is 13.0 Å². The van der Waals surface area contributed by atoms with Gasteiger partial charge in [-0.05, 0) is 37.5 Å². The lowest BCUT2D eigenvalue weighted by atomic mass is 10.0. The van der Waals surface area contributed by atoms with E-state index in [0.29, 0.717) is 12.1 Å². The smallest absolute Gasteiger partial charge is 0.224 e. The summed E-state index contributed by atoms with van der Waals surface area (Å²) in [6, 6.07) is 5.07. The molecule has 4 heteroatoms. The van der Waals surface area contributed by atoms with Crippen molar-refractivity contribution >= 4 is 17.4 Å². The lowest BCUT2D eigenvalue weighted by Gasteiger charge is -2.11. The fourth-order valence-corrected chi connectivity index (χ4v) is 1.83. The fourth-order valence-electron chi connectivity index (χ4n) is 1.83. The fraction of sp³-hybridized carbons (Fsp3) is 0.429. The van der Waals surface area contributed by atoms with Crippen LogP contribution >= 0.6 is 0 Å². The second-order valence-electron chi connectivity index (χ2n) is 4.78. The summed E-state index contributed by atoms with van der Waals surface area (Å²) in [5, 5.41) is 12.3. The molecule has 4 nitrogen and oxygen atoms in total. The van der Waals surface area contributed by atoms with E-state index in [0.717, 1.165) is 5.56 Å². The maximum Gasteiger partial charge on any atom is 0.224 e. The molecule has 2 N–H and O–H groups in total. The number of hydrogen-bond donors (Lipinski definition) is 2. The Labute approximate surface area is 107 Å². The molecule has 0 fully saturated rings. The Kier molecular flexibility index (Phi) is 4.89. The maximum absolute atomic E-state index is 11.7. The number of carbonyl (C=O) groups excluding carboxylic acids is 2. The average Bonchev–Trinajstić information content (AvgIpc) is 2.20. The Balaban J connectivity index is 2.56. The minimum absolute atomic E-state index is 0.00934. The van der Waals surface area contributed by atoms with Crippen LogP contribution in [0.5, 0.6) is 5.75 Å². The number of aryl methyl sites for hydroxylation is 1. The van der Waals surface area contributed by atoms with Gasteiger partial charge in [0.25, 0.3) is 0 Å². The second-order valence-corrected chi connectivity index (χ2v) is 4.78. The molecule has 0 aromatic heterocycles. The summed E-state index contributed by atoms with van der Waals surface area (Å²) >= 11 is 0. The van der Waals surface area contributed by atoms with Gasteiger partial charge in [-0.25, -0.2) is 0 Å². The van der Waals surface area contributed by atoms with Crippen LogP contribution in [-0.2, 0) is 9.59 Å². The molecule has 1 aromatic rings. The number of ketones is 1. The molecule has 0 aliphatic heterocycles. The minimum atomic E-state index is -0.192. The summed E-state index contributed by atoms with van der Waals surface area (Å²) in [6.07, 6.45) is 0.667. The highest BCUT2D eigenvalue weighted by atomic mass is 16.3. The molecular formula is C14H19NO3. The first-order chi connectivity index (χ1) is 8.38. The number of carbonyl (C=O) groups is 2. The predicted molar refractivity (Wildman–Crippen MR) is 70.6 cm³/mol. The van der Waals surface area contributed by atoms with Crippen LogP contribution in [0.4, 0.5) is 5.69 Å². The van der Waals surface area contributed by atoms with Gasteiger partial charge in [-0.2, -0.15) is 0 Å². The number of Topliss-reactive ketones (excluding diaryl/α,β-unsaturated/α-hetero) is 1. The summed E-state index contributed by atoms with van der Waals surface area (Å²) < 4.78 is 0. The molecule has 1 atom stereocenters. The minimum Gasteiger partial charge on any atom is -0.506 e. The Morgan fingerprint density at radius 2 is 2.00 bits per heavy atom. The first-order valence-electron chi connectivity index (χ1n) is 5.97. The highest BCUT2D eigenvalue weighted by Gasteiger charge is 2.12. The quantitative estimate of drug-likeness (QED) is 0.788. The van der Waals surface area contributed by atoms with Crippen LogP contribution in [0.15, 0.2) is 18.2 Å². The third-order valence-corrected chi connectivity index (χ3v) is 2.60. The van der Waals surface area contributed by atoms with Crippen molar-refractivity contribution in [2.45, 2.75) is 33.6 Å². The van der Waals surface area contributed by atoms with Gasteiger partial charge in [0, 0.05) is 12.8 Å². The highest BCUT2D eigenvalue weighted by molar-refractivity contribution is 5.92. The Morgan fingerprint density at radius 3 is 2.56 bits per heavy atom. The van der Waals surface area contributed by atoms with Crippen molar-refractivity contribution < 1.29 is 14.7 Å². The van der Waals surface area contributed by atoms with Crippen LogP contribution in [0.2, 0.25) is 0 Å². The molecule has 98 valence electrons. The van der Waals surface area contributed by atoms with Gasteiger partial charge in [0.15, 0.2) is 0 Å². The number of aromatic hydroxyl groups is 1. The zero-order chi connectivity index (χ0) is 13.7. The molecule has 1 unspecified atom stereocenters. The van der Waals surface area contributed by atoms with Gasteiger partial charge in [0.05, 0.1) is 5.69 Å². The molecule has 0 saturated carbocycles. The standard InChI is InChI=1S/C14H19NO3/c1-9-4-5-12(13(17)7-9)15-14(18)8-10(2)6-11(3)16/h4-5,7,10,17H,6,8H2,1-3H3,(H,15,18). The van der Waals surface area contributed by atoms with E-state index in [-0.39, 0.29) is 29.8 Å². The Morgan fingerprint density at radius 1 is 1.33 bits per heavy atom. The van der Waals surface area contributed by atoms with Crippen molar-refractivity contribution in [3.05, 3.63) is 23.8 Å². The van der Waals surface area contributed by atoms with Crippen LogP contribution in [-0.4, -0.2) is 16.8 Å². The van der Waals surface area contributed by atoms with E-state index >= 15 is 0 Å². The van der Waals surface area contributed by atoms with Crippen molar-refractivity contribution in [1.82, 2.24) is 0 Å². The van der Waals surface area contributed by atoms with E-state index in [9.17, 15) is 14.7 Å². The molecule has 18 heavy (non-hydrogen) atoms. The Hall–Kier alpha value is -1.84. The summed E-state index contributed by atoms with van der Waals surface area (Å²) in [5.74, 6) is -0.0472. The monoisotopic (exact) mass is 249 g/mol. The Bertz CT molecular complexity index is 454. The molecule has 1 amide bonds. The van der Waals surface area contributed by atoms with Crippen LogP contribution in [0.3, 0.4) is 0 Å². The van der Waals surface area contributed by atoms with E-state index in [4.69, 9.17) is 0 Å². The molecule has 0 heterocycles. The molecule has 1 aromatic carbocycles. The molecule has 0 spiro atoms. The van der Waals surface area contributed by atoms with E-state index in [2.05, 4.69) is 5.32 Å². The second kappa shape index (κ2) is 6.19. The van der Waals surface area contributed by atoms with Crippen LogP contribution in [0.1, 0.15) is 32.3 Å². The van der Waals surface area contributed by atoms with Crippen LogP contribution in [0.25, 0.3) is 0 Å². The lowest BCUT2D eigenvalue weighted by Crippen LogP contribution is -2.16. The van der Waals surface area contributed by atoms with Gasteiger partial charge < -0.3 is 15.2 Å². The van der Waals surface area contributed by atoms with Crippen LogP contribution < -0.4 is 5.32 Å². The number of rotatable bonds is 5. The van der Waals surface area contributed by atoms with Gasteiger partial charge in [-0.15, -0.1) is 0 Å². The summed E-state index contributed by atoms with van der Waals surface area (Å²) in [7, 11) is 0. The molecule has 0 aliphatic rings. The molecule has 0 saturated heterocycles. The van der Waals surface area contributed by atoms with E-state index in [1.807, 2.05) is 19.9 Å². The average molecular weight is 249 g/mol. The van der Waals surface area contributed by atoms with Crippen molar-refractivity contribution in [1.29, 1.82) is 0 Å². The molecule has 1 rings (SSSR count). The molecule has 0 aliphatic carbocycles. The van der Waals surface area contributed by atoms with E-state index in [1.165, 1.54) is 6.92 Å². The third kappa shape index (κ3) is 4.57. The largest absolute Gasteiger partial charge is 0.506 e. The number of amides is 1. The number of phenols is 1. The number of benzene rings is 1. The maximum atomic E-state index is 11.7. The summed E-state index contributed by atoms with van der Waals surface area (Å²) in [4.78, 5) is 22.6. The highest BCUT2D eigenvalue weighted by Crippen LogP contribution is 2.24. The van der Waals surface area contributed by atoms with Gasteiger partial charge >= 0.3 is 0 Å². The number of anilines is 1. The normalized spacial score (nSPS) is 11.9. The SMILES string of the molecule is CC(=O)CC(C)CC(=O)Nc1ccc(C)cc1O. The number of hydrogen-bond acceptors (Lipinski definition) is 3.